The predicted octanol–water partition coefficient (Wildman–Crippen LogP) is 5.36. The molecule has 0 saturated carbocycles. The molecular weight excluding hydrogens is 348 g/mol. The first kappa shape index (κ1) is 18.1. The normalized spacial score (nSPS) is 11.1. The van der Waals surface area contributed by atoms with Gasteiger partial charge in [-0.2, -0.15) is 0 Å². The molecule has 0 bridgehead atoms. The Morgan fingerprint density at radius 1 is 0.929 bits per heavy atom. The van der Waals surface area contributed by atoms with Gasteiger partial charge in [0.1, 0.15) is 5.58 Å². The first-order chi connectivity index (χ1) is 13.7. The molecule has 3 aromatic carbocycles. The molecule has 4 aromatic rings. The van der Waals surface area contributed by atoms with Crippen LogP contribution in [-0.4, -0.2) is 19.0 Å². The standard InChI is InChI=1S/C24H24N2O2/c1-3-26(4-2)19-12-9-17(10-13-19)16-25-24(27)23-15-21-20-8-6-5-7-18(20)11-14-22(21)28-23/h5-15H,3-4,16H2,1-2H3,(H,25,27). The number of nitrogens with one attached hydrogen (secondary N) is 1. The summed E-state index contributed by atoms with van der Waals surface area (Å²) >= 11 is 0. The molecule has 1 amide bonds. The summed E-state index contributed by atoms with van der Waals surface area (Å²) in [5.41, 5.74) is 2.99. The summed E-state index contributed by atoms with van der Waals surface area (Å²) in [6.07, 6.45) is 0. The van der Waals surface area contributed by atoms with Crippen LogP contribution in [0.5, 0.6) is 0 Å². The van der Waals surface area contributed by atoms with Gasteiger partial charge in [0, 0.05) is 30.7 Å². The van der Waals surface area contributed by atoms with Crippen LogP contribution in [0, 0.1) is 0 Å². The molecule has 1 aromatic heterocycles. The summed E-state index contributed by atoms with van der Waals surface area (Å²) in [5.74, 6) is 0.138. The van der Waals surface area contributed by atoms with Gasteiger partial charge in [-0.15, -0.1) is 0 Å². The number of benzene rings is 3. The van der Waals surface area contributed by atoms with E-state index in [-0.39, 0.29) is 5.91 Å². The fourth-order valence-corrected chi connectivity index (χ4v) is 3.59. The van der Waals surface area contributed by atoms with Gasteiger partial charge in [0.2, 0.25) is 0 Å². The van der Waals surface area contributed by atoms with Crippen molar-refractivity contribution in [1.82, 2.24) is 5.32 Å². The molecule has 1 heterocycles. The molecule has 0 spiro atoms. The fraction of sp³-hybridized carbons (Fsp3) is 0.208. The third kappa shape index (κ3) is 3.46. The molecule has 0 atom stereocenters. The minimum absolute atomic E-state index is 0.201. The second kappa shape index (κ2) is 7.77. The van der Waals surface area contributed by atoms with Crippen LogP contribution < -0.4 is 10.2 Å². The Bertz CT molecular complexity index is 1110. The predicted molar refractivity (Wildman–Crippen MR) is 115 cm³/mol. The maximum absolute atomic E-state index is 12.6. The number of hydrogen-bond acceptors (Lipinski definition) is 3. The average Bonchev–Trinajstić information content (AvgIpc) is 3.19. The summed E-state index contributed by atoms with van der Waals surface area (Å²) in [5, 5.41) is 6.15. The molecule has 0 saturated heterocycles. The lowest BCUT2D eigenvalue weighted by molar-refractivity contribution is 0.0925. The molecule has 4 nitrogen and oxygen atoms in total. The van der Waals surface area contributed by atoms with Gasteiger partial charge in [-0.1, -0.05) is 42.5 Å². The summed E-state index contributed by atoms with van der Waals surface area (Å²) in [7, 11) is 0. The second-order valence-corrected chi connectivity index (χ2v) is 6.83. The van der Waals surface area contributed by atoms with Gasteiger partial charge in [-0.25, -0.2) is 0 Å². The second-order valence-electron chi connectivity index (χ2n) is 6.83. The minimum atomic E-state index is -0.201. The molecule has 4 rings (SSSR count). The summed E-state index contributed by atoms with van der Waals surface area (Å²) in [4.78, 5) is 14.9. The van der Waals surface area contributed by atoms with Crippen molar-refractivity contribution in [3.05, 3.63) is 78.1 Å². The zero-order chi connectivity index (χ0) is 19.5. The van der Waals surface area contributed by atoms with Crippen LogP contribution in [0.4, 0.5) is 5.69 Å². The van der Waals surface area contributed by atoms with Crippen LogP contribution in [0.3, 0.4) is 0 Å². The number of amides is 1. The fourth-order valence-electron chi connectivity index (χ4n) is 3.59. The molecule has 0 aliphatic rings. The van der Waals surface area contributed by atoms with Crippen LogP contribution >= 0.6 is 0 Å². The van der Waals surface area contributed by atoms with E-state index in [1.54, 1.807) is 0 Å². The van der Waals surface area contributed by atoms with Crippen LogP contribution in [0.1, 0.15) is 30.0 Å². The molecule has 1 N–H and O–H groups in total. The highest BCUT2D eigenvalue weighted by Gasteiger charge is 2.13. The number of anilines is 1. The van der Waals surface area contributed by atoms with E-state index in [0.29, 0.717) is 12.3 Å². The lowest BCUT2D eigenvalue weighted by atomic mass is 10.1. The van der Waals surface area contributed by atoms with Gasteiger partial charge < -0.3 is 14.6 Å². The maximum atomic E-state index is 12.6. The van der Waals surface area contributed by atoms with Gasteiger partial charge in [0.25, 0.3) is 5.91 Å². The Balaban J connectivity index is 1.49. The molecular formula is C24H24N2O2. The lowest BCUT2D eigenvalue weighted by Crippen LogP contribution is -2.23. The van der Waals surface area contributed by atoms with E-state index in [9.17, 15) is 4.79 Å². The highest BCUT2D eigenvalue weighted by Crippen LogP contribution is 2.28. The minimum Gasteiger partial charge on any atom is -0.451 e. The first-order valence-electron chi connectivity index (χ1n) is 9.73. The number of rotatable bonds is 6. The van der Waals surface area contributed by atoms with Crippen molar-refractivity contribution in [3.8, 4) is 0 Å². The summed E-state index contributed by atoms with van der Waals surface area (Å²) in [6.45, 7) is 6.72. The molecule has 0 aliphatic carbocycles. The van der Waals surface area contributed by atoms with E-state index in [1.807, 2.05) is 36.4 Å². The van der Waals surface area contributed by atoms with Crippen LogP contribution in [0.2, 0.25) is 0 Å². The molecule has 4 heteroatoms. The Morgan fingerprint density at radius 3 is 2.43 bits per heavy atom. The zero-order valence-corrected chi connectivity index (χ0v) is 16.2. The topological polar surface area (TPSA) is 45.5 Å². The Hall–Kier alpha value is -3.27. The van der Waals surface area contributed by atoms with Gasteiger partial charge in [-0.3, -0.25) is 4.79 Å². The Labute approximate surface area is 164 Å². The molecule has 142 valence electrons. The number of hydrogen-bond donors (Lipinski definition) is 1. The van der Waals surface area contributed by atoms with E-state index in [1.165, 1.54) is 5.69 Å². The summed E-state index contributed by atoms with van der Waals surface area (Å²) in [6, 6.07) is 22.2. The first-order valence-corrected chi connectivity index (χ1v) is 9.73. The number of fused-ring (bicyclic) bond motifs is 3. The van der Waals surface area contributed by atoms with Crippen molar-refractivity contribution in [1.29, 1.82) is 0 Å². The largest absolute Gasteiger partial charge is 0.451 e. The van der Waals surface area contributed by atoms with E-state index >= 15 is 0 Å². The third-order valence-corrected chi connectivity index (χ3v) is 5.17. The Morgan fingerprint density at radius 2 is 1.68 bits per heavy atom. The highest BCUT2D eigenvalue weighted by molar-refractivity contribution is 6.08. The monoisotopic (exact) mass is 372 g/mol. The van der Waals surface area contributed by atoms with Crippen molar-refractivity contribution >= 4 is 33.3 Å². The molecule has 28 heavy (non-hydrogen) atoms. The van der Waals surface area contributed by atoms with Crippen molar-refractivity contribution in [2.75, 3.05) is 18.0 Å². The van der Waals surface area contributed by atoms with Crippen LogP contribution in [0.25, 0.3) is 21.7 Å². The zero-order valence-electron chi connectivity index (χ0n) is 16.2. The maximum Gasteiger partial charge on any atom is 0.287 e. The van der Waals surface area contributed by atoms with Crippen molar-refractivity contribution in [2.24, 2.45) is 0 Å². The number of carbonyl (C=O) groups is 1. The Kier molecular flexibility index (Phi) is 5.02. The smallest absolute Gasteiger partial charge is 0.287 e. The highest BCUT2D eigenvalue weighted by atomic mass is 16.3. The van der Waals surface area contributed by atoms with Crippen LogP contribution in [-0.2, 0) is 6.54 Å². The van der Waals surface area contributed by atoms with Crippen LogP contribution in [0.15, 0.2) is 71.1 Å². The number of furan rings is 1. The van der Waals surface area contributed by atoms with Gasteiger partial charge in [0.15, 0.2) is 5.76 Å². The van der Waals surface area contributed by atoms with E-state index in [0.717, 1.165) is 40.4 Å². The van der Waals surface area contributed by atoms with Crippen molar-refractivity contribution < 1.29 is 9.21 Å². The molecule has 0 fully saturated rings. The molecule has 0 aliphatic heterocycles. The quantitative estimate of drug-likeness (QED) is 0.495. The van der Waals surface area contributed by atoms with Crippen molar-refractivity contribution in [3.63, 3.8) is 0 Å². The average molecular weight is 372 g/mol. The van der Waals surface area contributed by atoms with E-state index in [4.69, 9.17) is 4.42 Å². The van der Waals surface area contributed by atoms with Gasteiger partial charge in [0.05, 0.1) is 0 Å². The number of carbonyl (C=O) groups excluding carboxylic acids is 1. The van der Waals surface area contributed by atoms with Gasteiger partial charge >= 0.3 is 0 Å². The van der Waals surface area contributed by atoms with Gasteiger partial charge in [-0.05, 0) is 54.4 Å². The van der Waals surface area contributed by atoms with E-state index in [2.05, 4.69) is 54.4 Å². The number of nitrogens with zero attached hydrogens (tertiary/aromatic N) is 1. The summed E-state index contributed by atoms with van der Waals surface area (Å²) < 4.78 is 5.79. The SMILES string of the molecule is CCN(CC)c1ccc(CNC(=O)c2cc3c(ccc4ccccc43)o2)cc1. The third-order valence-electron chi connectivity index (χ3n) is 5.17. The lowest BCUT2D eigenvalue weighted by Gasteiger charge is -2.21. The molecule has 0 radical (unpaired) electrons. The van der Waals surface area contributed by atoms with E-state index < -0.39 is 0 Å². The molecule has 0 unspecified atom stereocenters. The van der Waals surface area contributed by atoms with Crippen molar-refractivity contribution in [2.45, 2.75) is 20.4 Å².